The van der Waals surface area contributed by atoms with E-state index in [-0.39, 0.29) is 29.6 Å². The first-order valence-electron chi connectivity index (χ1n) is 10.4. The Morgan fingerprint density at radius 2 is 1.71 bits per heavy atom. The maximum Gasteiger partial charge on any atom is 0.416 e. The quantitative estimate of drug-likeness (QED) is 0.216. The van der Waals surface area contributed by atoms with Crippen LogP contribution in [-0.2, 0) is 17.4 Å². The number of aliphatic imine (C=N–C) groups is 1. The van der Waals surface area contributed by atoms with E-state index in [0.29, 0.717) is 12.1 Å². The molecule has 1 atom stereocenters. The molecular weight excluding hydrogens is 467 g/mol. The number of nitrogens with two attached hydrogens (primary N) is 2. The Bertz CT molecular complexity index is 1060. The number of hydrogen-bond donors (Lipinski definition) is 5. The summed E-state index contributed by atoms with van der Waals surface area (Å²) in [5.41, 5.74) is 10.3. The first-order chi connectivity index (χ1) is 15.6. The molecule has 0 aromatic heterocycles. The molecule has 0 fully saturated rings. The molecule has 34 heavy (non-hydrogen) atoms. The number of carbonyl (C=O) groups excluding carboxylic acids is 2. The molecule has 2 aromatic rings. The third kappa shape index (κ3) is 8.97. The molecule has 0 bridgehead atoms. The first-order valence-corrected chi connectivity index (χ1v) is 10.8. The molecule has 0 aliphatic heterocycles. The van der Waals surface area contributed by atoms with Crippen molar-refractivity contribution in [2.24, 2.45) is 16.5 Å². The molecule has 0 saturated heterocycles. The van der Waals surface area contributed by atoms with Crippen LogP contribution in [0.1, 0.15) is 48.7 Å². The largest absolute Gasteiger partial charge is 0.416 e. The molecule has 184 valence electrons. The monoisotopic (exact) mass is 495 g/mol. The highest BCUT2D eigenvalue weighted by Crippen LogP contribution is 2.33. The third-order valence-corrected chi connectivity index (χ3v) is 4.68. The summed E-state index contributed by atoms with van der Waals surface area (Å²) in [6.07, 6.45) is -3.84. The van der Waals surface area contributed by atoms with Crippen LogP contribution in [-0.4, -0.2) is 28.6 Å². The molecule has 2 aromatic carbocycles. The average Bonchev–Trinajstić information content (AvgIpc) is 2.66. The van der Waals surface area contributed by atoms with Crippen LogP contribution in [0.25, 0.3) is 0 Å². The van der Waals surface area contributed by atoms with Gasteiger partial charge in [-0.2, -0.15) is 25.8 Å². The highest BCUT2D eigenvalue weighted by atomic mass is 32.1. The number of guanidine groups is 1. The van der Waals surface area contributed by atoms with Gasteiger partial charge in [-0.25, -0.2) is 4.99 Å². The van der Waals surface area contributed by atoms with Crippen molar-refractivity contribution >= 4 is 41.8 Å². The SMILES string of the molecule is CC(Cc1ccc(NC(=O)c2cc(N=C(N)N)cc(C(F)(F)F)c2)cc1)NC(=O)CC(C)(C)S. The van der Waals surface area contributed by atoms with Gasteiger partial charge in [-0.05, 0) is 49.2 Å². The van der Waals surface area contributed by atoms with E-state index in [2.05, 4.69) is 28.3 Å². The summed E-state index contributed by atoms with van der Waals surface area (Å²) >= 11 is 4.35. The number of amides is 2. The number of rotatable bonds is 8. The van der Waals surface area contributed by atoms with Crippen molar-refractivity contribution in [3.63, 3.8) is 0 Å². The zero-order valence-electron chi connectivity index (χ0n) is 19.0. The summed E-state index contributed by atoms with van der Waals surface area (Å²) in [5, 5.41) is 5.47. The lowest BCUT2D eigenvalue weighted by molar-refractivity contribution is -0.137. The number of nitrogens with one attached hydrogen (secondary N) is 2. The van der Waals surface area contributed by atoms with E-state index < -0.39 is 28.4 Å². The van der Waals surface area contributed by atoms with E-state index >= 15 is 0 Å². The molecule has 1 unspecified atom stereocenters. The second-order valence-electron chi connectivity index (χ2n) is 8.62. The van der Waals surface area contributed by atoms with Gasteiger partial charge < -0.3 is 22.1 Å². The Morgan fingerprint density at radius 1 is 1.09 bits per heavy atom. The van der Waals surface area contributed by atoms with Crippen LogP contribution in [0, 0.1) is 0 Å². The number of halogens is 3. The lowest BCUT2D eigenvalue weighted by Gasteiger charge is -2.19. The van der Waals surface area contributed by atoms with Gasteiger partial charge >= 0.3 is 6.18 Å². The summed E-state index contributed by atoms with van der Waals surface area (Å²) in [4.78, 5) is 28.2. The number of benzene rings is 2. The summed E-state index contributed by atoms with van der Waals surface area (Å²) in [6, 6.07) is 9.30. The van der Waals surface area contributed by atoms with Crippen molar-refractivity contribution in [3.8, 4) is 0 Å². The van der Waals surface area contributed by atoms with Crippen molar-refractivity contribution in [3.05, 3.63) is 59.2 Å². The number of hydrogen-bond acceptors (Lipinski definition) is 4. The van der Waals surface area contributed by atoms with Crippen molar-refractivity contribution in [1.82, 2.24) is 5.32 Å². The number of thiol groups is 1. The van der Waals surface area contributed by atoms with E-state index in [1.54, 1.807) is 24.3 Å². The van der Waals surface area contributed by atoms with Gasteiger partial charge in [-0.1, -0.05) is 26.0 Å². The highest BCUT2D eigenvalue weighted by Gasteiger charge is 2.32. The van der Waals surface area contributed by atoms with Gasteiger partial charge in [0.25, 0.3) is 5.91 Å². The fourth-order valence-electron chi connectivity index (χ4n) is 3.17. The first kappa shape index (κ1) is 27.0. The molecule has 0 aliphatic rings. The summed E-state index contributed by atoms with van der Waals surface area (Å²) < 4.78 is 39.2. The van der Waals surface area contributed by atoms with Crippen molar-refractivity contribution in [1.29, 1.82) is 0 Å². The van der Waals surface area contributed by atoms with Crippen LogP contribution < -0.4 is 22.1 Å². The minimum atomic E-state index is -4.68. The standard InChI is InChI=1S/C23H28F3N5O2S/c1-13(29-19(32)12-22(2,3)34)8-14-4-6-17(7-5-14)30-20(33)15-9-16(23(24,25)26)11-18(10-15)31-21(27)28/h4-7,9-11,13,34H,8,12H2,1-3H3,(H,29,32)(H,30,33)(H4,27,28,31). The lowest BCUT2D eigenvalue weighted by atomic mass is 10.0. The fourth-order valence-corrected chi connectivity index (χ4v) is 3.31. The van der Waals surface area contributed by atoms with Crippen LogP contribution in [0.2, 0.25) is 0 Å². The molecule has 2 rings (SSSR count). The van der Waals surface area contributed by atoms with Gasteiger partial charge in [-0.3, -0.25) is 9.59 Å². The normalized spacial score (nSPS) is 12.6. The average molecular weight is 496 g/mol. The number of nitrogens with zero attached hydrogens (tertiary/aromatic N) is 1. The molecule has 2 amide bonds. The predicted molar refractivity (Wildman–Crippen MR) is 130 cm³/mol. The van der Waals surface area contributed by atoms with Crippen LogP contribution >= 0.6 is 12.6 Å². The predicted octanol–water partition coefficient (Wildman–Crippen LogP) is 4.01. The van der Waals surface area contributed by atoms with Crippen LogP contribution in [0.4, 0.5) is 24.5 Å². The molecule has 0 aliphatic carbocycles. The molecule has 6 N–H and O–H groups in total. The summed E-state index contributed by atoms with van der Waals surface area (Å²) in [6.45, 7) is 5.59. The van der Waals surface area contributed by atoms with E-state index in [1.807, 2.05) is 20.8 Å². The second-order valence-corrected chi connectivity index (χ2v) is 9.83. The minimum absolute atomic E-state index is 0.0995. The van der Waals surface area contributed by atoms with E-state index in [1.165, 1.54) is 0 Å². The Kier molecular flexibility index (Phi) is 8.60. The summed E-state index contributed by atoms with van der Waals surface area (Å²) in [5.74, 6) is -1.28. The van der Waals surface area contributed by atoms with Crippen LogP contribution in [0.5, 0.6) is 0 Å². The van der Waals surface area contributed by atoms with E-state index in [9.17, 15) is 22.8 Å². The second kappa shape index (κ2) is 10.8. The molecule has 11 heteroatoms. The number of carbonyl (C=O) groups is 2. The van der Waals surface area contributed by atoms with Crippen molar-refractivity contribution < 1.29 is 22.8 Å². The number of alkyl halides is 3. The van der Waals surface area contributed by atoms with E-state index in [4.69, 9.17) is 11.5 Å². The van der Waals surface area contributed by atoms with Crippen LogP contribution in [0.3, 0.4) is 0 Å². The maximum atomic E-state index is 13.2. The topological polar surface area (TPSA) is 123 Å². The molecular formula is C23H28F3N5O2S. The van der Waals surface area contributed by atoms with Gasteiger partial charge in [0.1, 0.15) is 0 Å². The minimum Gasteiger partial charge on any atom is -0.370 e. The molecule has 0 saturated carbocycles. The van der Waals surface area contributed by atoms with Gasteiger partial charge in [0.15, 0.2) is 5.96 Å². The van der Waals surface area contributed by atoms with Gasteiger partial charge in [0.05, 0.1) is 11.3 Å². The molecule has 0 heterocycles. The molecule has 0 spiro atoms. The van der Waals surface area contributed by atoms with Gasteiger partial charge in [0, 0.05) is 28.5 Å². The smallest absolute Gasteiger partial charge is 0.370 e. The maximum absolute atomic E-state index is 13.2. The Morgan fingerprint density at radius 3 is 2.24 bits per heavy atom. The Balaban J connectivity index is 2.09. The molecule has 7 nitrogen and oxygen atoms in total. The van der Waals surface area contributed by atoms with Crippen molar-refractivity contribution in [2.75, 3.05) is 5.32 Å². The molecule has 0 radical (unpaired) electrons. The number of anilines is 1. The van der Waals surface area contributed by atoms with Gasteiger partial charge in [-0.15, -0.1) is 0 Å². The fraction of sp³-hybridized carbons (Fsp3) is 0.348. The highest BCUT2D eigenvalue weighted by molar-refractivity contribution is 7.81. The van der Waals surface area contributed by atoms with Crippen LogP contribution in [0.15, 0.2) is 47.5 Å². The summed E-state index contributed by atoms with van der Waals surface area (Å²) in [7, 11) is 0. The Hall–Kier alpha value is -3.21. The Labute approximate surface area is 201 Å². The zero-order chi connectivity index (χ0) is 25.7. The third-order valence-electron chi connectivity index (χ3n) is 4.52. The van der Waals surface area contributed by atoms with E-state index in [0.717, 1.165) is 23.8 Å². The van der Waals surface area contributed by atoms with Gasteiger partial charge in [0.2, 0.25) is 5.91 Å². The lowest BCUT2D eigenvalue weighted by Crippen LogP contribution is -2.36. The zero-order valence-corrected chi connectivity index (χ0v) is 19.9. The van der Waals surface area contributed by atoms with Crippen molar-refractivity contribution in [2.45, 2.75) is 50.6 Å².